The number of methoxy groups -OCH3 is 1. The second-order valence-corrected chi connectivity index (χ2v) is 8.54. The molecule has 0 aromatic rings. The van der Waals surface area contributed by atoms with Gasteiger partial charge in [-0.3, -0.25) is 9.59 Å². The lowest BCUT2D eigenvalue weighted by Gasteiger charge is -2.26. The van der Waals surface area contributed by atoms with E-state index in [4.69, 9.17) is 24.1 Å². The van der Waals surface area contributed by atoms with Crippen LogP contribution in [0.1, 0.15) is 86.5 Å². The molecule has 0 aromatic heterocycles. The van der Waals surface area contributed by atoms with Gasteiger partial charge in [-0.15, -0.1) is 0 Å². The van der Waals surface area contributed by atoms with Crippen LogP contribution in [0.4, 0.5) is 0 Å². The number of aliphatic hydroxyl groups excluding tert-OH is 1. The predicted octanol–water partition coefficient (Wildman–Crippen LogP) is 5.03. The maximum Gasteiger partial charge on any atom is 0.309 e. The number of ether oxygens (including phenoxy) is 4. The minimum absolute atomic E-state index is 0. The van der Waals surface area contributed by atoms with Crippen LogP contribution in [0.5, 0.6) is 0 Å². The predicted molar refractivity (Wildman–Crippen MR) is 132 cm³/mol. The van der Waals surface area contributed by atoms with Gasteiger partial charge in [0.15, 0.2) is 0 Å². The minimum atomic E-state index is -0.0260. The van der Waals surface area contributed by atoms with E-state index in [1.165, 1.54) is 32.8 Å². The molecular formula is C26H52O7. The van der Waals surface area contributed by atoms with Gasteiger partial charge in [0, 0.05) is 13.2 Å². The molecule has 4 atom stereocenters. The third-order valence-corrected chi connectivity index (χ3v) is 6.15. The van der Waals surface area contributed by atoms with Crippen LogP contribution in [0.2, 0.25) is 0 Å². The summed E-state index contributed by atoms with van der Waals surface area (Å²) in [6.45, 7) is 11.0. The summed E-state index contributed by atoms with van der Waals surface area (Å²) in [5, 5.41) is 8.07. The first kappa shape index (κ1) is 34.0. The first-order valence-electron chi connectivity index (χ1n) is 12.4. The topological polar surface area (TPSA) is 91.3 Å². The van der Waals surface area contributed by atoms with Crippen LogP contribution in [0.3, 0.4) is 0 Å². The minimum Gasteiger partial charge on any atom is -0.469 e. The van der Waals surface area contributed by atoms with Gasteiger partial charge >= 0.3 is 11.9 Å². The molecule has 0 aromatic carbocycles. The van der Waals surface area contributed by atoms with E-state index >= 15 is 0 Å². The fraction of sp³-hybridized carbons (Fsp3) is 0.923. The van der Waals surface area contributed by atoms with Gasteiger partial charge in [-0.2, -0.15) is 0 Å². The average molecular weight is 477 g/mol. The van der Waals surface area contributed by atoms with E-state index in [9.17, 15) is 9.59 Å². The zero-order chi connectivity index (χ0) is 24.2. The SMILES string of the molecule is C.CCOCCO.CCOCCOC(=O)C1CCCCC1C.COC(=O)C1CCCCC1C. The molecule has 198 valence electrons. The van der Waals surface area contributed by atoms with Gasteiger partial charge in [-0.25, -0.2) is 0 Å². The molecule has 1 N–H and O–H groups in total. The van der Waals surface area contributed by atoms with Crippen LogP contribution in [-0.2, 0) is 28.5 Å². The van der Waals surface area contributed by atoms with E-state index in [-0.39, 0.29) is 37.8 Å². The molecule has 0 saturated heterocycles. The van der Waals surface area contributed by atoms with Gasteiger partial charge in [0.1, 0.15) is 6.61 Å². The van der Waals surface area contributed by atoms with Crippen molar-refractivity contribution in [1.82, 2.24) is 0 Å². The van der Waals surface area contributed by atoms with Gasteiger partial charge in [-0.1, -0.05) is 47.0 Å². The Balaban J connectivity index is 0. The molecule has 33 heavy (non-hydrogen) atoms. The molecule has 0 heterocycles. The highest BCUT2D eigenvalue weighted by molar-refractivity contribution is 5.73. The van der Waals surface area contributed by atoms with Crippen molar-refractivity contribution in [3.05, 3.63) is 0 Å². The Kier molecular flexibility index (Phi) is 23.3. The molecule has 2 rings (SSSR count). The van der Waals surface area contributed by atoms with Crippen molar-refractivity contribution in [2.24, 2.45) is 23.7 Å². The Bertz CT molecular complexity index is 466. The highest BCUT2D eigenvalue weighted by atomic mass is 16.6. The highest BCUT2D eigenvalue weighted by Gasteiger charge is 2.29. The van der Waals surface area contributed by atoms with Crippen LogP contribution in [-0.4, -0.2) is 63.8 Å². The van der Waals surface area contributed by atoms with Gasteiger partial charge in [0.25, 0.3) is 0 Å². The number of carbonyl (C=O) groups excluding carboxylic acids is 2. The van der Waals surface area contributed by atoms with E-state index in [0.717, 1.165) is 25.7 Å². The maximum atomic E-state index is 11.7. The summed E-state index contributed by atoms with van der Waals surface area (Å²) in [6, 6.07) is 0. The Labute approximate surface area is 202 Å². The summed E-state index contributed by atoms with van der Waals surface area (Å²) < 4.78 is 19.8. The first-order valence-corrected chi connectivity index (χ1v) is 12.4. The van der Waals surface area contributed by atoms with Gasteiger partial charge in [-0.05, 0) is 51.4 Å². The molecule has 0 radical (unpaired) electrons. The van der Waals surface area contributed by atoms with Crippen molar-refractivity contribution in [3.63, 3.8) is 0 Å². The zero-order valence-corrected chi connectivity index (χ0v) is 21.1. The van der Waals surface area contributed by atoms with Gasteiger partial charge in [0.05, 0.1) is 38.8 Å². The Morgan fingerprint density at radius 1 is 0.758 bits per heavy atom. The summed E-state index contributed by atoms with van der Waals surface area (Å²) in [4.78, 5) is 22.8. The molecule has 4 unspecified atom stereocenters. The second kappa shape index (κ2) is 22.6. The number of aliphatic hydroxyl groups is 1. The Morgan fingerprint density at radius 2 is 1.21 bits per heavy atom. The molecule has 0 aliphatic heterocycles. The molecule has 2 fully saturated rings. The highest BCUT2D eigenvalue weighted by Crippen LogP contribution is 2.31. The Morgan fingerprint density at radius 3 is 1.61 bits per heavy atom. The van der Waals surface area contributed by atoms with Crippen molar-refractivity contribution >= 4 is 11.9 Å². The average Bonchev–Trinajstić information content (AvgIpc) is 2.81. The largest absolute Gasteiger partial charge is 0.469 e. The molecular weight excluding hydrogens is 424 g/mol. The second-order valence-electron chi connectivity index (χ2n) is 8.54. The number of esters is 2. The maximum absolute atomic E-state index is 11.7. The van der Waals surface area contributed by atoms with E-state index in [1.54, 1.807) is 0 Å². The summed E-state index contributed by atoms with van der Waals surface area (Å²) in [5.41, 5.74) is 0. The van der Waals surface area contributed by atoms with E-state index in [1.807, 2.05) is 13.8 Å². The zero-order valence-electron chi connectivity index (χ0n) is 21.1. The molecule has 2 aliphatic rings. The first-order chi connectivity index (χ1) is 15.4. The van der Waals surface area contributed by atoms with Crippen molar-refractivity contribution in [3.8, 4) is 0 Å². The third kappa shape index (κ3) is 16.1. The standard InChI is InChI=1S/C12H22O3.C9H16O2.C4H10O2.CH4/c1-3-14-8-9-15-12(13)11-7-5-4-6-10(11)2;1-7-5-3-4-6-8(7)9(10)11-2;1-2-6-4-3-5;/h10-11H,3-9H2,1-2H3;7-8H,3-6H2,1-2H3;5H,2-4H2,1H3;1H4. The number of hydrogen-bond donors (Lipinski definition) is 1. The van der Waals surface area contributed by atoms with Crippen LogP contribution in [0, 0.1) is 23.7 Å². The summed E-state index contributed by atoms with van der Waals surface area (Å²) in [6.07, 6.45) is 9.23. The summed E-state index contributed by atoms with van der Waals surface area (Å²) in [5.74, 6) is 1.27. The molecule has 0 amide bonds. The Hall–Kier alpha value is -1.18. The van der Waals surface area contributed by atoms with Crippen LogP contribution in [0.25, 0.3) is 0 Å². The van der Waals surface area contributed by atoms with E-state index < -0.39 is 0 Å². The van der Waals surface area contributed by atoms with Crippen LogP contribution in [0.15, 0.2) is 0 Å². The van der Waals surface area contributed by atoms with Crippen LogP contribution < -0.4 is 0 Å². The van der Waals surface area contributed by atoms with E-state index in [0.29, 0.717) is 44.9 Å². The molecule has 2 saturated carbocycles. The lowest BCUT2D eigenvalue weighted by atomic mass is 9.80. The van der Waals surface area contributed by atoms with Crippen molar-refractivity contribution in [2.45, 2.75) is 86.5 Å². The van der Waals surface area contributed by atoms with Gasteiger partial charge < -0.3 is 24.1 Å². The van der Waals surface area contributed by atoms with Crippen LogP contribution >= 0.6 is 0 Å². The summed E-state index contributed by atoms with van der Waals surface area (Å²) in [7, 11) is 1.48. The number of hydrogen-bond acceptors (Lipinski definition) is 7. The monoisotopic (exact) mass is 476 g/mol. The smallest absolute Gasteiger partial charge is 0.309 e. The van der Waals surface area contributed by atoms with Crippen molar-refractivity contribution in [1.29, 1.82) is 0 Å². The molecule has 2 aliphatic carbocycles. The van der Waals surface area contributed by atoms with Crippen molar-refractivity contribution < 1.29 is 33.6 Å². The third-order valence-electron chi connectivity index (χ3n) is 6.15. The summed E-state index contributed by atoms with van der Waals surface area (Å²) >= 11 is 0. The molecule has 0 spiro atoms. The fourth-order valence-electron chi connectivity index (χ4n) is 4.15. The molecule has 0 bridgehead atoms. The normalized spacial score (nSPS) is 24.1. The molecule has 7 nitrogen and oxygen atoms in total. The van der Waals surface area contributed by atoms with E-state index in [2.05, 4.69) is 13.8 Å². The lowest BCUT2D eigenvalue weighted by Crippen LogP contribution is -2.28. The number of rotatable bonds is 9. The molecule has 7 heteroatoms. The fourth-order valence-corrected chi connectivity index (χ4v) is 4.15. The quantitative estimate of drug-likeness (QED) is 0.369. The lowest BCUT2D eigenvalue weighted by molar-refractivity contribution is -0.153. The van der Waals surface area contributed by atoms with Crippen molar-refractivity contribution in [2.75, 3.05) is 46.8 Å². The number of carbonyl (C=O) groups is 2. The van der Waals surface area contributed by atoms with Gasteiger partial charge in [0.2, 0.25) is 0 Å².